The molecule has 1 atom stereocenters. The molecule has 0 bridgehead atoms. The van der Waals surface area contributed by atoms with Crippen molar-refractivity contribution in [1.82, 2.24) is 9.97 Å². The SMILES string of the molecule is Nc1nc(Cl)nc2c1CC(c1ccccc1)C(=O)N2. The highest BCUT2D eigenvalue weighted by molar-refractivity contribution is 6.28. The molecule has 1 aromatic heterocycles. The summed E-state index contributed by atoms with van der Waals surface area (Å²) in [5, 5.41) is 2.77. The molecule has 2 aromatic rings. The molecule has 5 nitrogen and oxygen atoms in total. The number of hydrogen-bond donors (Lipinski definition) is 2. The van der Waals surface area contributed by atoms with E-state index in [1.165, 1.54) is 0 Å². The van der Waals surface area contributed by atoms with Crippen LogP contribution in [0.5, 0.6) is 0 Å². The van der Waals surface area contributed by atoms with Crippen LogP contribution in [0.15, 0.2) is 30.3 Å². The van der Waals surface area contributed by atoms with Gasteiger partial charge >= 0.3 is 0 Å². The van der Waals surface area contributed by atoms with E-state index >= 15 is 0 Å². The second-order valence-corrected chi connectivity index (χ2v) is 4.70. The molecular weight excluding hydrogens is 264 g/mol. The van der Waals surface area contributed by atoms with Gasteiger partial charge in [-0.2, -0.15) is 4.98 Å². The molecule has 3 rings (SSSR count). The lowest BCUT2D eigenvalue weighted by atomic mass is 9.89. The van der Waals surface area contributed by atoms with Crippen LogP contribution in [0.4, 0.5) is 11.6 Å². The predicted molar refractivity (Wildman–Crippen MR) is 73.0 cm³/mol. The zero-order valence-electron chi connectivity index (χ0n) is 9.93. The monoisotopic (exact) mass is 274 g/mol. The Morgan fingerprint density at radius 3 is 2.74 bits per heavy atom. The summed E-state index contributed by atoms with van der Waals surface area (Å²) < 4.78 is 0. The molecular formula is C13H11ClN4O. The second kappa shape index (κ2) is 4.51. The molecule has 0 aliphatic carbocycles. The summed E-state index contributed by atoms with van der Waals surface area (Å²) in [5.41, 5.74) is 7.52. The number of benzene rings is 1. The lowest BCUT2D eigenvalue weighted by Gasteiger charge is -2.24. The first-order chi connectivity index (χ1) is 9.15. The van der Waals surface area contributed by atoms with E-state index in [0.717, 1.165) is 11.1 Å². The molecule has 1 aliphatic heterocycles. The fourth-order valence-electron chi connectivity index (χ4n) is 2.23. The van der Waals surface area contributed by atoms with Crippen LogP contribution in [-0.2, 0) is 11.2 Å². The van der Waals surface area contributed by atoms with E-state index in [9.17, 15) is 4.79 Å². The number of halogens is 1. The van der Waals surface area contributed by atoms with Crippen LogP contribution in [0, 0.1) is 0 Å². The van der Waals surface area contributed by atoms with Gasteiger partial charge in [-0.05, 0) is 23.6 Å². The second-order valence-electron chi connectivity index (χ2n) is 4.36. The lowest BCUT2D eigenvalue weighted by molar-refractivity contribution is -0.117. The van der Waals surface area contributed by atoms with E-state index in [1.54, 1.807) is 0 Å². The maximum atomic E-state index is 12.1. The summed E-state index contributed by atoms with van der Waals surface area (Å²) in [6, 6.07) is 9.56. The Kier molecular flexibility index (Phi) is 2.83. The number of nitrogens with two attached hydrogens (primary N) is 1. The summed E-state index contributed by atoms with van der Waals surface area (Å²) in [6.07, 6.45) is 0.480. The Hall–Kier alpha value is -2.14. The molecule has 0 saturated heterocycles. The van der Waals surface area contributed by atoms with Gasteiger partial charge in [0.1, 0.15) is 11.6 Å². The van der Waals surface area contributed by atoms with Crippen LogP contribution in [0.25, 0.3) is 0 Å². The lowest BCUT2D eigenvalue weighted by Crippen LogP contribution is -2.30. The zero-order chi connectivity index (χ0) is 13.4. The third-order valence-corrected chi connectivity index (χ3v) is 3.35. The minimum absolute atomic E-state index is 0.0368. The summed E-state index contributed by atoms with van der Waals surface area (Å²) in [5.74, 6) is 0.347. The van der Waals surface area contributed by atoms with Crippen molar-refractivity contribution in [2.45, 2.75) is 12.3 Å². The number of carbonyl (C=O) groups is 1. The van der Waals surface area contributed by atoms with Crippen LogP contribution in [-0.4, -0.2) is 15.9 Å². The normalized spacial score (nSPS) is 17.7. The van der Waals surface area contributed by atoms with Crippen LogP contribution < -0.4 is 11.1 Å². The molecule has 3 N–H and O–H groups in total. The van der Waals surface area contributed by atoms with Crippen molar-refractivity contribution in [1.29, 1.82) is 0 Å². The topological polar surface area (TPSA) is 80.9 Å². The number of nitrogen functional groups attached to an aromatic ring is 1. The number of anilines is 2. The molecule has 0 radical (unpaired) electrons. The Morgan fingerprint density at radius 1 is 1.26 bits per heavy atom. The van der Waals surface area contributed by atoms with Gasteiger partial charge in [0.25, 0.3) is 0 Å². The van der Waals surface area contributed by atoms with Crippen LogP contribution in [0.2, 0.25) is 5.28 Å². The molecule has 0 saturated carbocycles. The van der Waals surface area contributed by atoms with Gasteiger partial charge in [0.05, 0.1) is 5.92 Å². The molecule has 1 aliphatic rings. The fourth-order valence-corrected chi connectivity index (χ4v) is 2.41. The predicted octanol–water partition coefficient (Wildman–Crippen LogP) is 1.99. The Balaban J connectivity index is 2.03. The van der Waals surface area contributed by atoms with Crippen molar-refractivity contribution in [2.24, 2.45) is 0 Å². The van der Waals surface area contributed by atoms with Crippen LogP contribution >= 0.6 is 11.6 Å². The van der Waals surface area contributed by atoms with Crippen molar-refractivity contribution in [2.75, 3.05) is 11.1 Å². The van der Waals surface area contributed by atoms with Gasteiger partial charge in [0.2, 0.25) is 11.2 Å². The number of nitrogens with zero attached hydrogens (tertiary/aromatic N) is 2. The Bertz CT molecular complexity index is 645. The van der Waals surface area contributed by atoms with Gasteiger partial charge in [-0.1, -0.05) is 30.3 Å². The van der Waals surface area contributed by atoms with Crippen molar-refractivity contribution in [3.8, 4) is 0 Å². The third-order valence-electron chi connectivity index (χ3n) is 3.18. The van der Waals surface area contributed by atoms with E-state index in [0.29, 0.717) is 18.1 Å². The first-order valence-corrected chi connectivity index (χ1v) is 6.20. The summed E-state index contributed by atoms with van der Waals surface area (Å²) >= 11 is 5.73. The standard InChI is InChI=1S/C13H11ClN4O/c14-13-16-10(15)9-6-8(7-4-2-1-3-5-7)12(19)17-11(9)18-13/h1-5,8H,6H2,(H3,15,16,17,18,19). The number of nitrogens with one attached hydrogen (secondary N) is 1. The molecule has 1 aromatic carbocycles. The van der Waals surface area contributed by atoms with Gasteiger partial charge < -0.3 is 11.1 Å². The maximum absolute atomic E-state index is 12.1. The van der Waals surface area contributed by atoms with Gasteiger partial charge in [0.15, 0.2) is 0 Å². The maximum Gasteiger partial charge on any atom is 0.233 e. The van der Waals surface area contributed by atoms with Gasteiger partial charge in [-0.3, -0.25) is 4.79 Å². The van der Waals surface area contributed by atoms with Gasteiger partial charge in [-0.15, -0.1) is 0 Å². The Labute approximate surface area is 114 Å². The van der Waals surface area contributed by atoms with E-state index in [-0.39, 0.29) is 17.1 Å². The van der Waals surface area contributed by atoms with Gasteiger partial charge in [-0.25, -0.2) is 4.98 Å². The highest BCUT2D eigenvalue weighted by Crippen LogP contribution is 2.33. The Morgan fingerprint density at radius 2 is 2.00 bits per heavy atom. The number of aromatic nitrogens is 2. The molecule has 6 heteroatoms. The third kappa shape index (κ3) is 2.13. The molecule has 1 unspecified atom stereocenters. The molecule has 96 valence electrons. The van der Waals surface area contributed by atoms with E-state index < -0.39 is 0 Å². The summed E-state index contributed by atoms with van der Waals surface area (Å²) in [7, 11) is 0. The van der Waals surface area contributed by atoms with Crippen LogP contribution in [0.3, 0.4) is 0 Å². The first-order valence-electron chi connectivity index (χ1n) is 5.83. The highest BCUT2D eigenvalue weighted by atomic mass is 35.5. The number of hydrogen-bond acceptors (Lipinski definition) is 4. The van der Waals surface area contributed by atoms with E-state index in [4.69, 9.17) is 17.3 Å². The first kappa shape index (κ1) is 11.9. The smallest absolute Gasteiger partial charge is 0.233 e. The molecule has 2 heterocycles. The summed E-state index contributed by atoms with van der Waals surface area (Å²) in [6.45, 7) is 0. The minimum Gasteiger partial charge on any atom is -0.383 e. The average Bonchev–Trinajstić information content (AvgIpc) is 2.38. The van der Waals surface area contributed by atoms with Gasteiger partial charge in [0, 0.05) is 5.56 Å². The quantitative estimate of drug-likeness (QED) is 0.779. The van der Waals surface area contributed by atoms with Crippen molar-refractivity contribution in [3.05, 3.63) is 46.7 Å². The van der Waals surface area contributed by atoms with Crippen molar-refractivity contribution < 1.29 is 4.79 Å². The number of rotatable bonds is 1. The fraction of sp³-hybridized carbons (Fsp3) is 0.154. The minimum atomic E-state index is -0.277. The zero-order valence-corrected chi connectivity index (χ0v) is 10.7. The molecule has 0 fully saturated rings. The number of amides is 1. The van der Waals surface area contributed by atoms with Crippen molar-refractivity contribution in [3.63, 3.8) is 0 Å². The van der Waals surface area contributed by atoms with Crippen molar-refractivity contribution >= 4 is 29.1 Å². The number of carbonyl (C=O) groups excluding carboxylic acids is 1. The molecule has 1 amide bonds. The molecule has 19 heavy (non-hydrogen) atoms. The number of fused-ring (bicyclic) bond motifs is 1. The molecule has 0 spiro atoms. The summed E-state index contributed by atoms with van der Waals surface area (Å²) in [4.78, 5) is 20.0. The van der Waals surface area contributed by atoms with E-state index in [2.05, 4.69) is 15.3 Å². The highest BCUT2D eigenvalue weighted by Gasteiger charge is 2.30. The van der Waals surface area contributed by atoms with Crippen LogP contribution in [0.1, 0.15) is 17.0 Å². The largest absolute Gasteiger partial charge is 0.383 e. The van der Waals surface area contributed by atoms with E-state index in [1.807, 2.05) is 30.3 Å². The average molecular weight is 275 g/mol.